The molecule has 0 spiro atoms. The van der Waals surface area contributed by atoms with Crippen LogP contribution in [0.5, 0.6) is 5.88 Å². The molecule has 0 aliphatic rings. The standard InChI is InChI=1S/C17H29BrN2O/c1-4-5-6-7-8-9-21-17-15(10-16(18)13-20-17)12-19-11-14(2)3/h10,13-14,19H,4-9,11-12H2,1-3H3. The summed E-state index contributed by atoms with van der Waals surface area (Å²) in [7, 11) is 0. The molecule has 1 heterocycles. The summed E-state index contributed by atoms with van der Waals surface area (Å²) in [6.07, 6.45) is 8.05. The fourth-order valence-electron chi connectivity index (χ4n) is 2.10. The lowest BCUT2D eigenvalue weighted by molar-refractivity contribution is 0.289. The van der Waals surface area contributed by atoms with E-state index in [1.54, 1.807) is 6.20 Å². The van der Waals surface area contributed by atoms with Gasteiger partial charge in [0.1, 0.15) is 0 Å². The summed E-state index contributed by atoms with van der Waals surface area (Å²) >= 11 is 3.48. The molecule has 0 unspecified atom stereocenters. The molecule has 120 valence electrons. The normalized spacial score (nSPS) is 11.1. The van der Waals surface area contributed by atoms with E-state index >= 15 is 0 Å². The van der Waals surface area contributed by atoms with E-state index < -0.39 is 0 Å². The number of ether oxygens (including phenoxy) is 1. The Bertz CT molecular complexity index is 396. The molecular weight excluding hydrogens is 328 g/mol. The van der Waals surface area contributed by atoms with Gasteiger partial charge in [-0.1, -0.05) is 46.5 Å². The van der Waals surface area contributed by atoms with Gasteiger partial charge in [-0.3, -0.25) is 0 Å². The molecule has 0 aromatic carbocycles. The zero-order valence-electron chi connectivity index (χ0n) is 13.6. The lowest BCUT2D eigenvalue weighted by atomic mass is 10.2. The van der Waals surface area contributed by atoms with Gasteiger partial charge in [0.05, 0.1) is 6.61 Å². The zero-order valence-corrected chi connectivity index (χ0v) is 15.2. The first-order valence-electron chi connectivity index (χ1n) is 8.11. The Labute approximate surface area is 138 Å². The second kappa shape index (κ2) is 11.0. The summed E-state index contributed by atoms with van der Waals surface area (Å²) in [4.78, 5) is 4.40. The number of rotatable bonds is 11. The van der Waals surface area contributed by atoms with Crippen molar-refractivity contribution in [3.05, 3.63) is 22.3 Å². The van der Waals surface area contributed by atoms with E-state index in [9.17, 15) is 0 Å². The van der Waals surface area contributed by atoms with Gasteiger partial charge in [0.2, 0.25) is 5.88 Å². The van der Waals surface area contributed by atoms with Crippen LogP contribution in [-0.2, 0) is 6.54 Å². The molecule has 0 bridgehead atoms. The summed E-state index contributed by atoms with van der Waals surface area (Å²) in [6.45, 7) is 9.21. The number of halogens is 1. The maximum absolute atomic E-state index is 5.86. The number of aromatic nitrogens is 1. The van der Waals surface area contributed by atoms with Gasteiger partial charge in [-0.25, -0.2) is 4.98 Å². The Balaban J connectivity index is 2.40. The Hall–Kier alpha value is -0.610. The van der Waals surface area contributed by atoms with Crippen LogP contribution in [0.1, 0.15) is 58.4 Å². The van der Waals surface area contributed by atoms with E-state index in [1.807, 2.05) is 0 Å². The van der Waals surface area contributed by atoms with Gasteiger partial charge >= 0.3 is 0 Å². The second-order valence-corrected chi connectivity index (χ2v) is 6.82. The number of hydrogen-bond donors (Lipinski definition) is 1. The monoisotopic (exact) mass is 356 g/mol. The molecule has 0 saturated carbocycles. The van der Waals surface area contributed by atoms with Crippen molar-refractivity contribution in [2.24, 2.45) is 5.92 Å². The average molecular weight is 357 g/mol. The van der Waals surface area contributed by atoms with Crippen LogP contribution in [0, 0.1) is 5.92 Å². The van der Waals surface area contributed by atoms with Crippen molar-refractivity contribution in [3.8, 4) is 5.88 Å². The smallest absolute Gasteiger partial charge is 0.217 e. The van der Waals surface area contributed by atoms with E-state index in [1.165, 1.54) is 25.7 Å². The van der Waals surface area contributed by atoms with Gasteiger partial charge in [-0.05, 0) is 40.9 Å². The topological polar surface area (TPSA) is 34.1 Å². The van der Waals surface area contributed by atoms with Crippen LogP contribution in [0.2, 0.25) is 0 Å². The molecule has 21 heavy (non-hydrogen) atoms. The molecule has 0 saturated heterocycles. The van der Waals surface area contributed by atoms with Crippen molar-refractivity contribution in [2.75, 3.05) is 13.2 Å². The molecule has 0 fully saturated rings. The average Bonchev–Trinajstić information content (AvgIpc) is 2.44. The predicted molar refractivity (Wildman–Crippen MR) is 92.7 cm³/mol. The third-order valence-corrected chi connectivity index (χ3v) is 3.68. The third kappa shape index (κ3) is 8.42. The minimum Gasteiger partial charge on any atom is -0.477 e. The highest BCUT2D eigenvalue weighted by Gasteiger charge is 2.07. The Morgan fingerprint density at radius 3 is 2.71 bits per heavy atom. The fraction of sp³-hybridized carbons (Fsp3) is 0.706. The first-order valence-corrected chi connectivity index (χ1v) is 8.90. The van der Waals surface area contributed by atoms with Crippen LogP contribution < -0.4 is 10.1 Å². The molecule has 0 atom stereocenters. The van der Waals surface area contributed by atoms with Gasteiger partial charge in [-0.2, -0.15) is 0 Å². The number of unbranched alkanes of at least 4 members (excludes halogenated alkanes) is 4. The van der Waals surface area contributed by atoms with Crippen molar-refractivity contribution < 1.29 is 4.74 Å². The Kier molecular flexibility index (Phi) is 9.68. The summed E-state index contributed by atoms with van der Waals surface area (Å²) in [5.74, 6) is 1.41. The minimum absolute atomic E-state index is 0.646. The zero-order chi connectivity index (χ0) is 15.5. The van der Waals surface area contributed by atoms with Crippen LogP contribution >= 0.6 is 15.9 Å². The largest absolute Gasteiger partial charge is 0.477 e. The van der Waals surface area contributed by atoms with E-state index in [0.717, 1.165) is 42.0 Å². The molecule has 4 heteroatoms. The lowest BCUT2D eigenvalue weighted by Crippen LogP contribution is -2.19. The van der Waals surface area contributed by atoms with Gasteiger partial charge < -0.3 is 10.1 Å². The molecule has 1 rings (SSSR count). The molecule has 3 nitrogen and oxygen atoms in total. The molecule has 1 N–H and O–H groups in total. The summed E-state index contributed by atoms with van der Waals surface area (Å²) < 4.78 is 6.86. The van der Waals surface area contributed by atoms with Crippen molar-refractivity contribution in [3.63, 3.8) is 0 Å². The molecule has 0 aliphatic carbocycles. The number of nitrogens with one attached hydrogen (secondary N) is 1. The maximum Gasteiger partial charge on any atom is 0.217 e. The first kappa shape index (κ1) is 18.4. The van der Waals surface area contributed by atoms with Gasteiger partial charge in [-0.15, -0.1) is 0 Å². The number of hydrogen-bond acceptors (Lipinski definition) is 3. The van der Waals surface area contributed by atoms with Gasteiger partial charge in [0, 0.05) is 22.8 Å². The van der Waals surface area contributed by atoms with Crippen molar-refractivity contribution >= 4 is 15.9 Å². The summed E-state index contributed by atoms with van der Waals surface area (Å²) in [5, 5.41) is 3.45. The molecule has 1 aromatic heterocycles. The summed E-state index contributed by atoms with van der Waals surface area (Å²) in [5.41, 5.74) is 1.12. The lowest BCUT2D eigenvalue weighted by Gasteiger charge is -2.12. The van der Waals surface area contributed by atoms with Gasteiger partial charge in [0.25, 0.3) is 0 Å². The Morgan fingerprint density at radius 2 is 2.00 bits per heavy atom. The van der Waals surface area contributed by atoms with Crippen molar-refractivity contribution in [1.82, 2.24) is 10.3 Å². The first-order chi connectivity index (χ1) is 10.1. The van der Waals surface area contributed by atoms with E-state index in [-0.39, 0.29) is 0 Å². The molecule has 0 radical (unpaired) electrons. The highest BCUT2D eigenvalue weighted by atomic mass is 79.9. The number of pyridine rings is 1. The minimum atomic E-state index is 0.646. The molecular formula is C17H29BrN2O. The van der Waals surface area contributed by atoms with Crippen LogP contribution in [0.25, 0.3) is 0 Å². The van der Waals surface area contributed by atoms with Crippen LogP contribution in [0.15, 0.2) is 16.7 Å². The highest BCUT2D eigenvalue weighted by molar-refractivity contribution is 9.10. The van der Waals surface area contributed by atoms with Gasteiger partial charge in [0.15, 0.2) is 0 Å². The molecule has 0 amide bonds. The third-order valence-electron chi connectivity index (χ3n) is 3.25. The van der Waals surface area contributed by atoms with E-state index in [0.29, 0.717) is 5.92 Å². The van der Waals surface area contributed by atoms with Crippen LogP contribution in [0.3, 0.4) is 0 Å². The van der Waals surface area contributed by atoms with E-state index in [2.05, 4.69) is 53.1 Å². The SMILES string of the molecule is CCCCCCCOc1ncc(Br)cc1CNCC(C)C. The quantitative estimate of drug-likeness (QED) is 0.570. The van der Waals surface area contributed by atoms with Crippen LogP contribution in [-0.4, -0.2) is 18.1 Å². The summed E-state index contributed by atoms with van der Waals surface area (Å²) in [6, 6.07) is 2.09. The van der Waals surface area contributed by atoms with Crippen molar-refractivity contribution in [1.29, 1.82) is 0 Å². The molecule has 1 aromatic rings. The van der Waals surface area contributed by atoms with E-state index in [4.69, 9.17) is 4.74 Å². The maximum atomic E-state index is 5.86. The second-order valence-electron chi connectivity index (χ2n) is 5.91. The predicted octanol–water partition coefficient (Wildman–Crippen LogP) is 4.94. The van der Waals surface area contributed by atoms with Crippen molar-refractivity contribution in [2.45, 2.75) is 59.4 Å². The fourth-order valence-corrected chi connectivity index (χ4v) is 2.47. The molecule has 0 aliphatic heterocycles. The highest BCUT2D eigenvalue weighted by Crippen LogP contribution is 2.20. The Morgan fingerprint density at radius 1 is 1.24 bits per heavy atom. The van der Waals surface area contributed by atoms with Crippen LogP contribution in [0.4, 0.5) is 0 Å². The number of nitrogens with zero attached hydrogens (tertiary/aromatic N) is 1.